The van der Waals surface area contributed by atoms with Gasteiger partial charge in [-0.15, -0.1) is 0 Å². The summed E-state index contributed by atoms with van der Waals surface area (Å²) < 4.78 is 7.18. The summed E-state index contributed by atoms with van der Waals surface area (Å²) in [6.07, 6.45) is 0. The Bertz CT molecular complexity index is 1340. The molecule has 0 bridgehead atoms. The lowest BCUT2D eigenvalue weighted by Gasteiger charge is -2.10. The minimum atomic E-state index is -0.696. The van der Waals surface area contributed by atoms with Crippen LogP contribution in [0.1, 0.15) is 63.5 Å². The number of aromatic nitrogens is 4. The van der Waals surface area contributed by atoms with Crippen molar-refractivity contribution in [3.63, 3.8) is 0 Å². The summed E-state index contributed by atoms with van der Waals surface area (Å²) in [5, 5.41) is 12.2. The Hall–Kier alpha value is -4.01. The Morgan fingerprint density at radius 3 is 2.62 bits per heavy atom. The number of fused-ring (bicyclic) bond motifs is 1. The van der Waals surface area contributed by atoms with Crippen LogP contribution in [0.4, 0.5) is 5.69 Å². The van der Waals surface area contributed by atoms with Crippen LogP contribution < -0.4 is 11.1 Å². The largest absolute Gasteiger partial charge is 0.364 e. The molecule has 0 aliphatic heterocycles. The lowest BCUT2D eigenvalue weighted by Crippen LogP contribution is -2.18. The number of pyridine rings is 1. The summed E-state index contributed by atoms with van der Waals surface area (Å²) in [5.41, 5.74) is 9.18. The average Bonchev–Trinajstić information content (AvgIpc) is 3.33. The Labute approximate surface area is 184 Å². The normalized spacial score (nSPS) is 11.3. The molecule has 0 spiro atoms. The lowest BCUT2D eigenvalue weighted by atomic mass is 10.1. The monoisotopic (exact) mass is 432 g/mol. The Morgan fingerprint density at radius 2 is 1.94 bits per heavy atom. The van der Waals surface area contributed by atoms with Gasteiger partial charge in [0.05, 0.1) is 33.8 Å². The van der Waals surface area contributed by atoms with E-state index in [9.17, 15) is 9.59 Å². The second-order valence-electron chi connectivity index (χ2n) is 7.97. The molecule has 3 aromatic heterocycles. The van der Waals surface area contributed by atoms with Gasteiger partial charge in [-0.3, -0.25) is 14.3 Å². The highest BCUT2D eigenvalue weighted by molar-refractivity contribution is 6.14. The molecule has 164 valence electrons. The first-order chi connectivity index (χ1) is 15.2. The van der Waals surface area contributed by atoms with Crippen LogP contribution in [0.5, 0.6) is 0 Å². The third kappa shape index (κ3) is 3.96. The minimum Gasteiger partial charge on any atom is -0.364 e. The van der Waals surface area contributed by atoms with Gasteiger partial charge in [-0.2, -0.15) is 5.10 Å². The highest BCUT2D eigenvalue weighted by Gasteiger charge is 2.20. The van der Waals surface area contributed by atoms with E-state index in [2.05, 4.69) is 20.6 Å². The molecule has 2 amide bonds. The summed E-state index contributed by atoms with van der Waals surface area (Å²) in [6.45, 7) is 8.18. The quantitative estimate of drug-likeness (QED) is 0.479. The van der Waals surface area contributed by atoms with Crippen LogP contribution in [0, 0.1) is 13.8 Å². The van der Waals surface area contributed by atoms with Crippen LogP contribution in [0.2, 0.25) is 0 Å². The highest BCUT2D eigenvalue weighted by atomic mass is 16.5. The third-order valence-electron chi connectivity index (χ3n) is 5.31. The first-order valence-electron chi connectivity index (χ1n) is 10.2. The zero-order valence-corrected chi connectivity index (χ0v) is 18.3. The number of hydrogen-bond acceptors (Lipinski definition) is 6. The van der Waals surface area contributed by atoms with Gasteiger partial charge in [0, 0.05) is 11.5 Å². The van der Waals surface area contributed by atoms with Crippen LogP contribution in [0.25, 0.3) is 10.9 Å². The first kappa shape index (κ1) is 21.2. The van der Waals surface area contributed by atoms with Crippen molar-refractivity contribution < 1.29 is 14.1 Å². The molecule has 4 rings (SSSR count). The standard InChI is InChI=1S/C23H24N6O3/c1-12(2)19-9-15(32-28-19)11-29-14(4)21(13(3)27-29)26-23(31)17-10-20(22(24)30)25-18-8-6-5-7-16(17)18/h5-10,12H,11H2,1-4H3,(H2,24,30)(H,26,31). The highest BCUT2D eigenvalue weighted by Crippen LogP contribution is 2.24. The Balaban J connectivity index is 1.65. The number of hydrogen-bond donors (Lipinski definition) is 2. The zero-order chi connectivity index (χ0) is 23.0. The molecule has 0 fully saturated rings. The second kappa shape index (κ2) is 8.26. The smallest absolute Gasteiger partial charge is 0.267 e. The fourth-order valence-electron chi connectivity index (χ4n) is 3.53. The molecule has 1 aromatic carbocycles. The number of nitrogens with zero attached hydrogens (tertiary/aromatic N) is 4. The molecular weight excluding hydrogens is 408 g/mol. The van der Waals surface area contributed by atoms with E-state index in [1.165, 1.54) is 6.07 Å². The predicted molar refractivity (Wildman–Crippen MR) is 120 cm³/mol. The van der Waals surface area contributed by atoms with Crippen LogP contribution >= 0.6 is 0 Å². The van der Waals surface area contributed by atoms with Crippen molar-refractivity contribution in [2.24, 2.45) is 5.73 Å². The van der Waals surface area contributed by atoms with E-state index in [1.807, 2.05) is 39.8 Å². The van der Waals surface area contributed by atoms with Gasteiger partial charge < -0.3 is 15.6 Å². The maximum absolute atomic E-state index is 13.2. The van der Waals surface area contributed by atoms with Gasteiger partial charge in [0.25, 0.3) is 11.8 Å². The predicted octanol–water partition coefficient (Wildman–Crippen LogP) is 3.56. The number of anilines is 1. The van der Waals surface area contributed by atoms with Gasteiger partial charge in [0.15, 0.2) is 5.76 Å². The van der Waals surface area contributed by atoms with E-state index in [1.54, 1.807) is 22.9 Å². The molecular formula is C23H24N6O3. The molecule has 9 nitrogen and oxygen atoms in total. The first-order valence-corrected chi connectivity index (χ1v) is 10.2. The fourth-order valence-corrected chi connectivity index (χ4v) is 3.53. The van der Waals surface area contributed by atoms with Crippen LogP contribution in [-0.2, 0) is 6.54 Å². The Morgan fingerprint density at radius 1 is 1.19 bits per heavy atom. The lowest BCUT2D eigenvalue weighted by molar-refractivity contribution is 0.0996. The second-order valence-corrected chi connectivity index (χ2v) is 7.97. The maximum Gasteiger partial charge on any atom is 0.267 e. The summed E-state index contributed by atoms with van der Waals surface area (Å²) in [4.78, 5) is 29.1. The van der Waals surface area contributed by atoms with Crippen molar-refractivity contribution in [1.82, 2.24) is 19.9 Å². The molecule has 3 N–H and O–H groups in total. The van der Waals surface area contributed by atoms with E-state index in [0.717, 1.165) is 11.4 Å². The molecule has 0 unspecified atom stereocenters. The number of para-hydroxylation sites is 1. The fraction of sp³-hybridized carbons (Fsp3) is 0.261. The number of nitrogens with two attached hydrogens (primary N) is 1. The number of benzene rings is 1. The zero-order valence-electron chi connectivity index (χ0n) is 18.3. The van der Waals surface area contributed by atoms with Gasteiger partial charge in [0.1, 0.15) is 12.2 Å². The average molecular weight is 432 g/mol. The molecule has 32 heavy (non-hydrogen) atoms. The van der Waals surface area contributed by atoms with E-state index in [4.69, 9.17) is 10.3 Å². The molecule has 0 aliphatic rings. The van der Waals surface area contributed by atoms with Crippen LogP contribution in [-0.4, -0.2) is 31.7 Å². The number of carbonyl (C=O) groups excluding carboxylic acids is 2. The number of carbonyl (C=O) groups is 2. The maximum atomic E-state index is 13.2. The van der Waals surface area contributed by atoms with E-state index < -0.39 is 5.91 Å². The molecule has 0 radical (unpaired) electrons. The molecule has 0 aliphatic carbocycles. The number of amides is 2. The number of nitrogens with one attached hydrogen (secondary N) is 1. The molecule has 3 heterocycles. The molecule has 0 saturated carbocycles. The topological polar surface area (TPSA) is 129 Å². The van der Waals surface area contributed by atoms with E-state index in [0.29, 0.717) is 40.2 Å². The SMILES string of the molecule is Cc1nn(Cc2cc(C(C)C)no2)c(C)c1NC(=O)c1cc(C(N)=O)nc2ccccc12. The Kier molecular flexibility index (Phi) is 5.48. The molecule has 9 heteroatoms. The van der Waals surface area contributed by atoms with Crippen molar-refractivity contribution in [1.29, 1.82) is 0 Å². The van der Waals surface area contributed by atoms with Crippen molar-refractivity contribution >= 4 is 28.4 Å². The molecule has 4 aromatic rings. The van der Waals surface area contributed by atoms with Gasteiger partial charge in [-0.1, -0.05) is 37.2 Å². The van der Waals surface area contributed by atoms with Crippen molar-refractivity contribution in [3.8, 4) is 0 Å². The minimum absolute atomic E-state index is 0.0317. The van der Waals surface area contributed by atoms with Gasteiger partial charge in [-0.25, -0.2) is 4.98 Å². The summed E-state index contributed by atoms with van der Waals surface area (Å²) in [7, 11) is 0. The summed E-state index contributed by atoms with van der Waals surface area (Å²) >= 11 is 0. The van der Waals surface area contributed by atoms with Crippen LogP contribution in [0.3, 0.4) is 0 Å². The van der Waals surface area contributed by atoms with Crippen LogP contribution in [0.15, 0.2) is 40.9 Å². The summed E-state index contributed by atoms with van der Waals surface area (Å²) in [5.74, 6) is -0.122. The van der Waals surface area contributed by atoms with E-state index in [-0.39, 0.29) is 17.5 Å². The van der Waals surface area contributed by atoms with Gasteiger partial charge in [0.2, 0.25) is 0 Å². The molecule has 0 atom stereocenters. The van der Waals surface area contributed by atoms with Gasteiger partial charge in [-0.05, 0) is 31.9 Å². The third-order valence-corrected chi connectivity index (χ3v) is 5.31. The number of aryl methyl sites for hydroxylation is 1. The summed E-state index contributed by atoms with van der Waals surface area (Å²) in [6, 6.07) is 10.4. The van der Waals surface area contributed by atoms with Crippen molar-refractivity contribution in [2.75, 3.05) is 5.32 Å². The molecule has 0 saturated heterocycles. The van der Waals surface area contributed by atoms with Gasteiger partial charge >= 0.3 is 0 Å². The number of rotatable bonds is 6. The van der Waals surface area contributed by atoms with Crippen molar-refractivity contribution in [3.05, 3.63) is 70.5 Å². The van der Waals surface area contributed by atoms with E-state index >= 15 is 0 Å². The number of primary amides is 1. The van der Waals surface area contributed by atoms with Crippen molar-refractivity contribution in [2.45, 2.75) is 40.2 Å².